The smallest absolute Gasteiger partial charge is 0.247 e. The van der Waals surface area contributed by atoms with Crippen molar-refractivity contribution in [2.24, 2.45) is 0 Å². The minimum atomic E-state index is -3.78. The van der Waals surface area contributed by atoms with Crippen molar-refractivity contribution in [3.63, 3.8) is 0 Å². The summed E-state index contributed by atoms with van der Waals surface area (Å²) in [6.07, 6.45) is 1.04. The van der Waals surface area contributed by atoms with Crippen molar-refractivity contribution < 1.29 is 22.7 Å². The molecule has 0 aromatic heterocycles. The first-order chi connectivity index (χ1) is 15.7. The molecular formula is C24H25ClN2O5S. The minimum Gasteiger partial charge on any atom is -0.495 e. The van der Waals surface area contributed by atoms with E-state index >= 15 is 0 Å². The molecule has 0 saturated heterocycles. The highest BCUT2D eigenvalue weighted by atomic mass is 35.5. The number of halogens is 1. The van der Waals surface area contributed by atoms with Gasteiger partial charge in [0.1, 0.15) is 24.1 Å². The second-order valence-electron chi connectivity index (χ2n) is 7.34. The molecule has 7 nitrogen and oxygen atoms in total. The van der Waals surface area contributed by atoms with Crippen molar-refractivity contribution in [1.82, 2.24) is 0 Å². The van der Waals surface area contributed by atoms with Gasteiger partial charge in [-0.2, -0.15) is 0 Å². The van der Waals surface area contributed by atoms with Crippen LogP contribution in [0.5, 0.6) is 11.5 Å². The average molecular weight is 489 g/mol. The molecule has 9 heteroatoms. The summed E-state index contributed by atoms with van der Waals surface area (Å²) >= 11 is 6.16. The lowest BCUT2D eigenvalue weighted by Crippen LogP contribution is -2.45. The number of nitrogens with zero attached hydrogens (tertiary/aromatic N) is 1. The molecule has 1 atom stereocenters. The number of amides is 1. The Morgan fingerprint density at radius 2 is 1.73 bits per heavy atom. The van der Waals surface area contributed by atoms with Gasteiger partial charge in [-0.05, 0) is 55.0 Å². The number of ether oxygens (including phenoxy) is 2. The van der Waals surface area contributed by atoms with Gasteiger partial charge in [0.25, 0.3) is 0 Å². The number of benzene rings is 3. The Balaban J connectivity index is 1.70. The van der Waals surface area contributed by atoms with Crippen molar-refractivity contribution in [2.75, 3.05) is 23.0 Å². The van der Waals surface area contributed by atoms with E-state index < -0.39 is 22.0 Å². The predicted octanol–water partition coefficient (Wildman–Crippen LogP) is 4.72. The summed E-state index contributed by atoms with van der Waals surface area (Å²) in [5, 5.41) is 2.98. The summed E-state index contributed by atoms with van der Waals surface area (Å²) in [5.41, 5.74) is 1.82. The summed E-state index contributed by atoms with van der Waals surface area (Å²) in [6, 6.07) is 20.1. The number of sulfonamides is 1. The number of methoxy groups -OCH3 is 1. The van der Waals surface area contributed by atoms with Crippen LogP contribution in [0.25, 0.3) is 0 Å². The fraction of sp³-hybridized carbons (Fsp3) is 0.208. The molecule has 0 fully saturated rings. The predicted molar refractivity (Wildman–Crippen MR) is 131 cm³/mol. The summed E-state index contributed by atoms with van der Waals surface area (Å²) in [6.45, 7) is 1.93. The van der Waals surface area contributed by atoms with Gasteiger partial charge >= 0.3 is 0 Å². The second-order valence-corrected chi connectivity index (χ2v) is 9.61. The van der Waals surface area contributed by atoms with Crippen molar-refractivity contribution in [3.8, 4) is 11.5 Å². The molecule has 0 heterocycles. The van der Waals surface area contributed by atoms with Gasteiger partial charge in [0, 0.05) is 5.69 Å². The van der Waals surface area contributed by atoms with E-state index in [4.69, 9.17) is 21.1 Å². The highest BCUT2D eigenvalue weighted by molar-refractivity contribution is 7.92. The summed E-state index contributed by atoms with van der Waals surface area (Å²) < 4.78 is 36.9. The summed E-state index contributed by atoms with van der Waals surface area (Å²) in [5.74, 6) is 0.557. The Morgan fingerprint density at radius 3 is 2.30 bits per heavy atom. The van der Waals surface area contributed by atoms with Crippen LogP contribution in [0.4, 0.5) is 11.4 Å². The van der Waals surface area contributed by atoms with Gasteiger partial charge in [-0.3, -0.25) is 9.10 Å². The standard InChI is InChI=1S/C24H25ClN2O5S/c1-17(27(33(3,29)30)20-11-14-23(31-2)22(25)15-20)24(28)26-19-9-12-21(13-10-19)32-16-18-7-5-4-6-8-18/h4-15,17H,16H2,1-3H3,(H,26,28)/t17-/m0/s1. The molecule has 1 N–H and O–H groups in total. The lowest BCUT2D eigenvalue weighted by molar-refractivity contribution is -0.116. The highest BCUT2D eigenvalue weighted by Crippen LogP contribution is 2.31. The van der Waals surface area contributed by atoms with Crippen LogP contribution in [0.3, 0.4) is 0 Å². The van der Waals surface area contributed by atoms with E-state index in [0.717, 1.165) is 16.1 Å². The van der Waals surface area contributed by atoms with Crippen molar-refractivity contribution >= 4 is 38.9 Å². The van der Waals surface area contributed by atoms with Gasteiger partial charge in [-0.15, -0.1) is 0 Å². The molecule has 3 aromatic rings. The normalized spacial score (nSPS) is 12.0. The molecular weight excluding hydrogens is 464 g/mol. The van der Waals surface area contributed by atoms with Gasteiger partial charge < -0.3 is 14.8 Å². The van der Waals surface area contributed by atoms with Gasteiger partial charge in [-0.1, -0.05) is 41.9 Å². The molecule has 0 aliphatic rings. The van der Waals surface area contributed by atoms with Crippen LogP contribution in [0.15, 0.2) is 72.8 Å². The third-order valence-electron chi connectivity index (χ3n) is 4.85. The Kier molecular flexibility index (Phi) is 7.84. The number of rotatable bonds is 9. The van der Waals surface area contributed by atoms with Crippen molar-refractivity contribution in [1.29, 1.82) is 0 Å². The van der Waals surface area contributed by atoms with E-state index in [1.807, 2.05) is 30.3 Å². The Morgan fingerprint density at radius 1 is 1.06 bits per heavy atom. The number of anilines is 2. The van der Waals surface area contributed by atoms with E-state index in [0.29, 0.717) is 23.8 Å². The number of carbonyl (C=O) groups is 1. The Bertz CT molecular complexity index is 1200. The first kappa shape index (κ1) is 24.4. The lowest BCUT2D eigenvalue weighted by atomic mass is 10.2. The van der Waals surface area contributed by atoms with Gasteiger partial charge in [0.05, 0.1) is 24.1 Å². The zero-order valence-corrected chi connectivity index (χ0v) is 20.1. The zero-order valence-electron chi connectivity index (χ0n) is 18.5. The largest absolute Gasteiger partial charge is 0.495 e. The topological polar surface area (TPSA) is 84.9 Å². The third-order valence-corrected chi connectivity index (χ3v) is 6.39. The molecule has 3 aromatic carbocycles. The maximum Gasteiger partial charge on any atom is 0.247 e. The highest BCUT2D eigenvalue weighted by Gasteiger charge is 2.29. The summed E-state index contributed by atoms with van der Waals surface area (Å²) in [7, 11) is -2.32. The van der Waals surface area contributed by atoms with E-state index in [2.05, 4.69) is 5.32 Å². The zero-order chi connectivity index (χ0) is 24.0. The van der Waals surface area contributed by atoms with Gasteiger partial charge in [-0.25, -0.2) is 8.42 Å². The van der Waals surface area contributed by atoms with Crippen LogP contribution in [0, 0.1) is 0 Å². The van der Waals surface area contributed by atoms with E-state index in [1.54, 1.807) is 30.3 Å². The van der Waals surface area contributed by atoms with Crippen LogP contribution in [-0.2, 0) is 21.4 Å². The van der Waals surface area contributed by atoms with Gasteiger partial charge in [0.15, 0.2) is 0 Å². The minimum absolute atomic E-state index is 0.238. The number of nitrogens with one attached hydrogen (secondary N) is 1. The molecule has 33 heavy (non-hydrogen) atoms. The first-order valence-corrected chi connectivity index (χ1v) is 12.3. The molecule has 0 saturated carbocycles. The number of carbonyl (C=O) groups excluding carboxylic acids is 1. The molecule has 1 amide bonds. The third kappa shape index (κ3) is 6.40. The van der Waals surface area contributed by atoms with E-state index in [1.165, 1.54) is 26.2 Å². The van der Waals surface area contributed by atoms with E-state index in [9.17, 15) is 13.2 Å². The monoisotopic (exact) mass is 488 g/mol. The molecule has 0 aliphatic heterocycles. The van der Waals surface area contributed by atoms with Crippen LogP contribution in [0.1, 0.15) is 12.5 Å². The fourth-order valence-corrected chi connectivity index (χ4v) is 4.64. The maximum atomic E-state index is 12.9. The fourth-order valence-electron chi connectivity index (χ4n) is 3.22. The molecule has 0 aliphatic carbocycles. The molecule has 0 bridgehead atoms. The molecule has 0 spiro atoms. The average Bonchev–Trinajstić information content (AvgIpc) is 2.78. The first-order valence-electron chi connectivity index (χ1n) is 10.1. The quantitative estimate of drug-likeness (QED) is 0.471. The Labute approximate surface area is 198 Å². The van der Waals surface area contributed by atoms with Crippen LogP contribution in [0.2, 0.25) is 5.02 Å². The Hall–Kier alpha value is -3.23. The second kappa shape index (κ2) is 10.6. The lowest BCUT2D eigenvalue weighted by Gasteiger charge is -2.28. The molecule has 174 valence electrons. The molecule has 3 rings (SSSR count). The maximum absolute atomic E-state index is 12.9. The van der Waals surface area contributed by atoms with E-state index in [-0.39, 0.29) is 10.7 Å². The van der Waals surface area contributed by atoms with Crippen molar-refractivity contribution in [2.45, 2.75) is 19.6 Å². The SMILES string of the molecule is COc1ccc(N([C@@H](C)C(=O)Nc2ccc(OCc3ccccc3)cc2)S(C)(=O)=O)cc1Cl. The van der Waals surface area contributed by atoms with Crippen molar-refractivity contribution in [3.05, 3.63) is 83.4 Å². The van der Waals surface area contributed by atoms with Gasteiger partial charge in [0.2, 0.25) is 15.9 Å². The van der Waals surface area contributed by atoms with Crippen LogP contribution >= 0.6 is 11.6 Å². The van der Waals surface area contributed by atoms with Crippen LogP contribution < -0.4 is 19.1 Å². The number of hydrogen-bond donors (Lipinski definition) is 1. The summed E-state index contributed by atoms with van der Waals surface area (Å²) in [4.78, 5) is 12.9. The number of hydrogen-bond acceptors (Lipinski definition) is 5. The molecule has 0 unspecified atom stereocenters. The van der Waals surface area contributed by atoms with Crippen LogP contribution in [-0.4, -0.2) is 33.7 Å². The molecule has 0 radical (unpaired) electrons.